The van der Waals surface area contributed by atoms with Gasteiger partial charge in [-0.3, -0.25) is 14.9 Å². The zero-order valence-corrected chi connectivity index (χ0v) is 19.9. The van der Waals surface area contributed by atoms with Crippen LogP contribution >= 0.6 is 0 Å². The number of rotatable bonds is 10. The van der Waals surface area contributed by atoms with Gasteiger partial charge in [0.2, 0.25) is 5.91 Å². The molecule has 0 bridgehead atoms. The van der Waals surface area contributed by atoms with Gasteiger partial charge in [0.25, 0.3) is 5.69 Å². The molecule has 0 aromatic heterocycles. The predicted molar refractivity (Wildman–Crippen MR) is 131 cm³/mol. The number of amides is 1. The monoisotopic (exact) mass is 467 g/mol. The standard InChI is InChI=1S/C26H33N3O5/c1-3-8-23(27-25(30)17-19-9-11-20(12-10-19)26(31)34-4-2)22-14-13-21(29(32)33)18-24(22)28-15-6-5-7-16-28/h9-14,18,23H,3-8,15-17H2,1-2H3,(H,27,30). The fourth-order valence-corrected chi connectivity index (χ4v) is 4.35. The van der Waals surface area contributed by atoms with E-state index in [0.29, 0.717) is 12.2 Å². The lowest BCUT2D eigenvalue weighted by molar-refractivity contribution is -0.384. The number of benzene rings is 2. The maximum absolute atomic E-state index is 12.9. The highest BCUT2D eigenvalue weighted by molar-refractivity contribution is 5.89. The molecule has 1 fully saturated rings. The molecule has 8 heteroatoms. The lowest BCUT2D eigenvalue weighted by Crippen LogP contribution is -2.34. The quantitative estimate of drug-likeness (QED) is 0.301. The normalized spacial score (nSPS) is 14.4. The third-order valence-electron chi connectivity index (χ3n) is 6.04. The lowest BCUT2D eigenvalue weighted by atomic mass is 9.97. The number of nitrogens with zero attached hydrogens (tertiary/aromatic N) is 2. The second-order valence-electron chi connectivity index (χ2n) is 8.55. The van der Waals surface area contributed by atoms with Crippen molar-refractivity contribution in [1.29, 1.82) is 0 Å². The van der Waals surface area contributed by atoms with Crippen LogP contribution in [0, 0.1) is 10.1 Å². The molecule has 2 aromatic carbocycles. The molecule has 1 N–H and O–H groups in total. The van der Waals surface area contributed by atoms with E-state index in [2.05, 4.69) is 17.1 Å². The number of hydrogen-bond acceptors (Lipinski definition) is 6. The number of nitro benzene ring substituents is 1. The van der Waals surface area contributed by atoms with Crippen molar-refractivity contribution < 1.29 is 19.2 Å². The van der Waals surface area contributed by atoms with Crippen LogP contribution in [0.2, 0.25) is 0 Å². The summed E-state index contributed by atoms with van der Waals surface area (Å²) in [5.41, 5.74) is 3.06. The molecule has 1 aliphatic rings. The Hall–Kier alpha value is -3.42. The molecule has 2 aromatic rings. The zero-order valence-electron chi connectivity index (χ0n) is 19.9. The van der Waals surface area contributed by atoms with Crippen LogP contribution in [-0.4, -0.2) is 36.5 Å². The third kappa shape index (κ3) is 6.56. The van der Waals surface area contributed by atoms with Crippen molar-refractivity contribution in [3.63, 3.8) is 0 Å². The van der Waals surface area contributed by atoms with Crippen LogP contribution < -0.4 is 10.2 Å². The van der Waals surface area contributed by atoms with E-state index in [1.165, 1.54) is 6.07 Å². The maximum Gasteiger partial charge on any atom is 0.338 e. The Kier molecular flexibility index (Phi) is 9.01. The number of nitrogens with one attached hydrogen (secondary N) is 1. The fourth-order valence-electron chi connectivity index (χ4n) is 4.35. The van der Waals surface area contributed by atoms with E-state index < -0.39 is 0 Å². The molecule has 0 spiro atoms. The summed E-state index contributed by atoms with van der Waals surface area (Å²) < 4.78 is 5.00. The highest BCUT2D eigenvalue weighted by atomic mass is 16.6. The zero-order chi connectivity index (χ0) is 24.5. The Bertz CT molecular complexity index is 1000. The van der Waals surface area contributed by atoms with Crippen molar-refractivity contribution in [2.24, 2.45) is 0 Å². The summed E-state index contributed by atoms with van der Waals surface area (Å²) in [6.45, 7) is 5.83. The van der Waals surface area contributed by atoms with Gasteiger partial charge in [-0.15, -0.1) is 0 Å². The molecule has 1 unspecified atom stereocenters. The number of carbonyl (C=O) groups is 2. The van der Waals surface area contributed by atoms with E-state index in [1.807, 2.05) is 0 Å². The summed E-state index contributed by atoms with van der Waals surface area (Å²) in [5.74, 6) is -0.518. The van der Waals surface area contributed by atoms with Gasteiger partial charge in [0.1, 0.15) is 0 Å². The minimum Gasteiger partial charge on any atom is -0.462 e. The van der Waals surface area contributed by atoms with Crippen LogP contribution in [0.15, 0.2) is 42.5 Å². The largest absolute Gasteiger partial charge is 0.462 e. The number of esters is 1. The average molecular weight is 468 g/mol. The first kappa shape index (κ1) is 25.2. The van der Waals surface area contributed by atoms with Gasteiger partial charge >= 0.3 is 5.97 Å². The van der Waals surface area contributed by atoms with Crippen LogP contribution in [0.4, 0.5) is 11.4 Å². The lowest BCUT2D eigenvalue weighted by Gasteiger charge is -2.32. The SMILES string of the molecule is CCCC(NC(=O)Cc1ccc(C(=O)OCC)cc1)c1ccc([N+](=O)[O-])cc1N1CCCCC1. The van der Waals surface area contributed by atoms with Gasteiger partial charge in [0.05, 0.1) is 29.6 Å². The van der Waals surface area contributed by atoms with Crippen LogP contribution in [0.25, 0.3) is 0 Å². The molecular formula is C26H33N3O5. The number of nitro groups is 1. The molecule has 34 heavy (non-hydrogen) atoms. The minimum atomic E-state index is -0.384. The summed E-state index contributed by atoms with van der Waals surface area (Å²) in [7, 11) is 0. The Balaban J connectivity index is 1.78. The van der Waals surface area contributed by atoms with Crippen LogP contribution in [0.5, 0.6) is 0 Å². The van der Waals surface area contributed by atoms with Gasteiger partial charge < -0.3 is 15.0 Å². The second-order valence-corrected chi connectivity index (χ2v) is 8.55. The Morgan fingerprint density at radius 1 is 1.09 bits per heavy atom. The first-order valence-corrected chi connectivity index (χ1v) is 12.0. The molecule has 182 valence electrons. The van der Waals surface area contributed by atoms with Gasteiger partial charge in [-0.2, -0.15) is 0 Å². The number of piperidine rings is 1. The summed E-state index contributed by atoms with van der Waals surface area (Å²) in [6.07, 6.45) is 5.02. The van der Waals surface area contributed by atoms with Crippen molar-refractivity contribution in [3.8, 4) is 0 Å². The van der Waals surface area contributed by atoms with Gasteiger partial charge in [0.15, 0.2) is 0 Å². The highest BCUT2D eigenvalue weighted by Crippen LogP contribution is 2.34. The smallest absolute Gasteiger partial charge is 0.338 e. The molecular weight excluding hydrogens is 434 g/mol. The van der Waals surface area contributed by atoms with Crippen molar-refractivity contribution in [3.05, 3.63) is 69.3 Å². The maximum atomic E-state index is 12.9. The number of ether oxygens (including phenoxy) is 1. The van der Waals surface area contributed by atoms with Crippen LogP contribution in [0.1, 0.15) is 73.5 Å². The minimum absolute atomic E-state index is 0.0626. The Labute approximate surface area is 200 Å². The first-order chi connectivity index (χ1) is 16.4. The van der Waals surface area contributed by atoms with E-state index in [9.17, 15) is 19.7 Å². The van der Waals surface area contributed by atoms with Crippen LogP contribution in [0.3, 0.4) is 0 Å². The van der Waals surface area contributed by atoms with Gasteiger partial charge in [-0.05, 0) is 61.9 Å². The van der Waals surface area contributed by atoms with E-state index in [1.54, 1.807) is 43.3 Å². The second kappa shape index (κ2) is 12.2. The summed E-state index contributed by atoms with van der Waals surface area (Å²) >= 11 is 0. The molecule has 8 nitrogen and oxygen atoms in total. The van der Waals surface area contributed by atoms with Gasteiger partial charge in [0, 0.05) is 30.9 Å². The summed E-state index contributed by atoms with van der Waals surface area (Å²) in [6, 6.07) is 11.5. The molecule has 0 aliphatic carbocycles. The van der Waals surface area contributed by atoms with E-state index in [0.717, 1.165) is 62.0 Å². The summed E-state index contributed by atoms with van der Waals surface area (Å²) in [5, 5.41) is 14.6. The number of anilines is 1. The number of non-ortho nitro benzene ring substituents is 1. The highest BCUT2D eigenvalue weighted by Gasteiger charge is 2.24. The number of carbonyl (C=O) groups excluding carboxylic acids is 2. The molecule has 3 rings (SSSR count). The van der Waals surface area contributed by atoms with Crippen LogP contribution in [-0.2, 0) is 16.0 Å². The molecule has 1 saturated heterocycles. The van der Waals surface area contributed by atoms with E-state index in [4.69, 9.17) is 4.74 Å². The molecule has 0 radical (unpaired) electrons. The van der Waals surface area contributed by atoms with Crippen molar-refractivity contribution in [2.75, 3.05) is 24.6 Å². The molecule has 1 heterocycles. The number of hydrogen-bond donors (Lipinski definition) is 1. The third-order valence-corrected chi connectivity index (χ3v) is 6.04. The Morgan fingerprint density at radius 3 is 2.41 bits per heavy atom. The molecule has 1 atom stereocenters. The fraction of sp³-hybridized carbons (Fsp3) is 0.462. The average Bonchev–Trinajstić information content (AvgIpc) is 2.84. The molecule has 1 amide bonds. The summed E-state index contributed by atoms with van der Waals surface area (Å²) in [4.78, 5) is 38.0. The van der Waals surface area contributed by atoms with E-state index >= 15 is 0 Å². The Morgan fingerprint density at radius 2 is 1.79 bits per heavy atom. The topological polar surface area (TPSA) is 102 Å². The van der Waals surface area contributed by atoms with Gasteiger partial charge in [-0.25, -0.2) is 4.79 Å². The predicted octanol–water partition coefficient (Wildman–Crippen LogP) is 4.96. The van der Waals surface area contributed by atoms with Crippen molar-refractivity contribution >= 4 is 23.3 Å². The molecule has 0 saturated carbocycles. The molecule has 1 aliphatic heterocycles. The van der Waals surface area contributed by atoms with Gasteiger partial charge in [-0.1, -0.05) is 25.5 Å². The first-order valence-electron chi connectivity index (χ1n) is 12.0. The van der Waals surface area contributed by atoms with Crippen molar-refractivity contribution in [2.45, 2.75) is 58.4 Å². The van der Waals surface area contributed by atoms with E-state index in [-0.39, 0.29) is 34.9 Å². The van der Waals surface area contributed by atoms with Crippen molar-refractivity contribution in [1.82, 2.24) is 5.32 Å².